The summed E-state index contributed by atoms with van der Waals surface area (Å²) in [5, 5.41) is 15.4. The molecule has 0 saturated heterocycles. The number of rotatable bonds is 4. The number of benzene rings is 3. The Kier molecular flexibility index (Phi) is 4.83. The number of nitrogens with zero attached hydrogens (tertiary/aromatic N) is 1. The summed E-state index contributed by atoms with van der Waals surface area (Å²) >= 11 is 6.43. The number of hydrogen-bond donors (Lipinski definition) is 1. The van der Waals surface area contributed by atoms with Gasteiger partial charge in [-0.1, -0.05) is 66.2 Å². The molecular weight excluding hydrogens is 412 g/mol. The van der Waals surface area contributed by atoms with Crippen LogP contribution in [0, 0.1) is 16.0 Å². The maximum atomic E-state index is 13.3. The van der Waals surface area contributed by atoms with E-state index in [0.29, 0.717) is 16.1 Å². The summed E-state index contributed by atoms with van der Waals surface area (Å²) in [4.78, 5) is 24.3. The van der Waals surface area contributed by atoms with Crippen LogP contribution in [0.1, 0.15) is 45.4 Å². The van der Waals surface area contributed by atoms with Crippen LogP contribution in [0.25, 0.3) is 0 Å². The molecule has 0 bridgehead atoms. The molecule has 0 amide bonds. The van der Waals surface area contributed by atoms with Crippen molar-refractivity contribution < 1.29 is 9.72 Å². The smallest absolute Gasteiger partial charge is 0.269 e. The number of allylic oxidation sites excluding steroid dienone is 2. The van der Waals surface area contributed by atoms with Crippen molar-refractivity contribution in [3.63, 3.8) is 0 Å². The van der Waals surface area contributed by atoms with Crippen LogP contribution in [0.2, 0.25) is 5.02 Å². The van der Waals surface area contributed by atoms with E-state index in [2.05, 4.69) is 17.5 Å². The molecule has 1 aliphatic heterocycles. The van der Waals surface area contributed by atoms with Crippen molar-refractivity contribution in [3.8, 4) is 0 Å². The molecule has 0 spiro atoms. The summed E-state index contributed by atoms with van der Waals surface area (Å²) in [5.74, 6) is 0.166. The van der Waals surface area contributed by atoms with Crippen molar-refractivity contribution in [2.45, 2.75) is 18.4 Å². The highest BCUT2D eigenvalue weighted by Gasteiger charge is 2.40. The maximum Gasteiger partial charge on any atom is 0.269 e. The average Bonchev–Trinajstić information content (AvgIpc) is 3.29. The summed E-state index contributed by atoms with van der Waals surface area (Å²) in [5.41, 5.74) is 3.75. The molecule has 154 valence electrons. The zero-order valence-electron chi connectivity index (χ0n) is 16.5. The molecule has 0 radical (unpaired) electrons. The van der Waals surface area contributed by atoms with E-state index < -0.39 is 0 Å². The number of nitro groups is 1. The molecule has 1 N–H and O–H groups in total. The van der Waals surface area contributed by atoms with Gasteiger partial charge in [0.2, 0.25) is 0 Å². The molecule has 3 atom stereocenters. The fourth-order valence-electron chi connectivity index (χ4n) is 4.75. The van der Waals surface area contributed by atoms with E-state index >= 15 is 0 Å². The minimum Gasteiger partial charge on any atom is -0.377 e. The Morgan fingerprint density at radius 1 is 1.06 bits per heavy atom. The number of carbonyl (C=O) groups is 1. The molecule has 2 aliphatic rings. The van der Waals surface area contributed by atoms with Crippen molar-refractivity contribution in [2.75, 3.05) is 5.32 Å². The Bertz CT molecular complexity index is 1220. The Morgan fingerprint density at radius 3 is 2.65 bits per heavy atom. The van der Waals surface area contributed by atoms with E-state index in [4.69, 9.17) is 11.6 Å². The molecule has 1 heterocycles. The van der Waals surface area contributed by atoms with Crippen molar-refractivity contribution >= 4 is 28.8 Å². The van der Waals surface area contributed by atoms with Gasteiger partial charge in [-0.15, -0.1) is 0 Å². The van der Waals surface area contributed by atoms with Crippen LogP contribution in [-0.2, 0) is 0 Å². The monoisotopic (exact) mass is 430 g/mol. The van der Waals surface area contributed by atoms with Crippen LogP contribution in [-0.4, -0.2) is 10.7 Å². The van der Waals surface area contributed by atoms with Gasteiger partial charge in [0.05, 0.1) is 11.0 Å². The van der Waals surface area contributed by atoms with Crippen molar-refractivity contribution in [3.05, 3.63) is 116 Å². The first kappa shape index (κ1) is 19.5. The Labute approximate surface area is 184 Å². The Hall–Kier alpha value is -3.44. The summed E-state index contributed by atoms with van der Waals surface area (Å²) < 4.78 is 0. The number of fused-ring (bicyclic) bond motifs is 3. The second kappa shape index (κ2) is 7.67. The number of nitrogens with one attached hydrogen (secondary N) is 1. The van der Waals surface area contributed by atoms with E-state index in [1.54, 1.807) is 30.3 Å². The minimum atomic E-state index is -0.380. The molecule has 0 fully saturated rings. The third-order valence-corrected chi connectivity index (χ3v) is 6.37. The van der Waals surface area contributed by atoms with E-state index in [1.165, 1.54) is 6.07 Å². The molecular formula is C25H19ClN2O3. The quantitative estimate of drug-likeness (QED) is 0.228. The van der Waals surface area contributed by atoms with Crippen molar-refractivity contribution in [1.82, 2.24) is 0 Å². The highest BCUT2D eigenvalue weighted by molar-refractivity contribution is 6.31. The maximum absolute atomic E-state index is 13.3. The fraction of sp³-hybridized carbons (Fsp3) is 0.160. The van der Waals surface area contributed by atoms with Gasteiger partial charge in [0, 0.05) is 39.9 Å². The molecule has 6 heteroatoms. The summed E-state index contributed by atoms with van der Waals surface area (Å²) in [6.45, 7) is 0. The van der Waals surface area contributed by atoms with Gasteiger partial charge in [-0.25, -0.2) is 0 Å². The number of hydrogen-bond acceptors (Lipinski definition) is 4. The molecule has 3 aromatic carbocycles. The zero-order chi connectivity index (χ0) is 21.5. The Balaban J connectivity index is 1.64. The average molecular weight is 431 g/mol. The predicted molar refractivity (Wildman–Crippen MR) is 121 cm³/mol. The Morgan fingerprint density at radius 2 is 1.87 bits per heavy atom. The van der Waals surface area contributed by atoms with Crippen molar-refractivity contribution in [1.29, 1.82) is 0 Å². The lowest BCUT2D eigenvalue weighted by Gasteiger charge is -2.38. The van der Waals surface area contributed by atoms with Gasteiger partial charge in [0.25, 0.3) is 5.69 Å². The molecule has 5 nitrogen and oxygen atoms in total. The number of non-ortho nitro benzene ring substituents is 1. The lowest BCUT2D eigenvalue weighted by atomic mass is 9.76. The minimum absolute atomic E-state index is 0.0595. The number of ketones is 1. The molecule has 0 saturated carbocycles. The van der Waals surface area contributed by atoms with Crippen LogP contribution in [0.3, 0.4) is 0 Å². The van der Waals surface area contributed by atoms with E-state index in [-0.39, 0.29) is 34.3 Å². The molecule has 0 unspecified atom stereocenters. The number of nitro benzene ring substituents is 1. The number of carbonyl (C=O) groups excluding carboxylic acids is 1. The lowest BCUT2D eigenvalue weighted by Crippen LogP contribution is -2.30. The molecule has 3 aromatic rings. The highest BCUT2D eigenvalue weighted by Crippen LogP contribution is 2.51. The molecule has 1 aliphatic carbocycles. The van der Waals surface area contributed by atoms with Gasteiger partial charge in [0.1, 0.15) is 0 Å². The van der Waals surface area contributed by atoms with Gasteiger partial charge in [-0.05, 0) is 35.6 Å². The first-order valence-corrected chi connectivity index (χ1v) is 10.5. The first-order valence-electron chi connectivity index (χ1n) is 10.1. The largest absolute Gasteiger partial charge is 0.377 e. The van der Waals surface area contributed by atoms with Crippen LogP contribution in [0.15, 0.2) is 78.9 Å². The molecule has 0 aromatic heterocycles. The van der Waals surface area contributed by atoms with E-state index in [0.717, 1.165) is 23.2 Å². The van der Waals surface area contributed by atoms with Crippen molar-refractivity contribution in [2.24, 2.45) is 5.92 Å². The van der Waals surface area contributed by atoms with Crippen LogP contribution in [0.4, 0.5) is 11.4 Å². The standard InChI is InChI=1S/C25H19ClN2O3/c26-17-13-21-19-10-5-11-20(19)23(16-8-4-9-18(12-16)28(30)31)27-24(21)22(14-17)25(29)15-6-2-1-3-7-15/h1-10,12-14,19-20,23,27H,11H2/t19-,20-,23+/m0/s1. The van der Waals surface area contributed by atoms with Gasteiger partial charge in [-0.3, -0.25) is 14.9 Å². The topological polar surface area (TPSA) is 72.2 Å². The normalized spacial score (nSPS) is 21.1. The predicted octanol–water partition coefficient (Wildman–Crippen LogP) is 6.31. The van der Waals surface area contributed by atoms with Gasteiger partial charge in [-0.2, -0.15) is 0 Å². The van der Waals surface area contributed by atoms with E-state index in [1.807, 2.05) is 30.3 Å². The SMILES string of the molecule is O=C(c1ccccc1)c1cc(Cl)cc2c1N[C@H](c1cccc([N+](=O)[O-])c1)[C@H]1CC=C[C@H]21. The lowest BCUT2D eigenvalue weighted by molar-refractivity contribution is -0.384. The summed E-state index contributed by atoms with van der Waals surface area (Å²) in [6.07, 6.45) is 5.14. The number of anilines is 1. The fourth-order valence-corrected chi connectivity index (χ4v) is 4.98. The summed E-state index contributed by atoms with van der Waals surface area (Å²) in [6, 6.07) is 19.3. The molecule has 31 heavy (non-hydrogen) atoms. The third kappa shape index (κ3) is 3.41. The third-order valence-electron chi connectivity index (χ3n) is 6.15. The van der Waals surface area contributed by atoms with E-state index in [9.17, 15) is 14.9 Å². The van der Waals surface area contributed by atoms with Gasteiger partial charge in [0.15, 0.2) is 5.78 Å². The van der Waals surface area contributed by atoms with Gasteiger partial charge < -0.3 is 5.32 Å². The van der Waals surface area contributed by atoms with Gasteiger partial charge >= 0.3 is 0 Å². The second-order valence-electron chi connectivity index (χ2n) is 7.94. The van der Waals surface area contributed by atoms with Crippen LogP contribution >= 0.6 is 11.6 Å². The summed E-state index contributed by atoms with van der Waals surface area (Å²) in [7, 11) is 0. The second-order valence-corrected chi connectivity index (χ2v) is 8.38. The van der Waals surface area contributed by atoms with Crippen LogP contribution in [0.5, 0.6) is 0 Å². The highest BCUT2D eigenvalue weighted by atomic mass is 35.5. The first-order chi connectivity index (χ1) is 15.0. The molecule has 5 rings (SSSR count). The number of halogens is 1. The van der Waals surface area contributed by atoms with Crippen LogP contribution < -0.4 is 5.32 Å². The zero-order valence-corrected chi connectivity index (χ0v) is 17.3.